The summed E-state index contributed by atoms with van der Waals surface area (Å²) in [6.45, 7) is 0.715. The van der Waals surface area contributed by atoms with E-state index in [1.54, 1.807) is 18.8 Å². The number of fused-ring (bicyclic) bond motifs is 1. The van der Waals surface area contributed by atoms with Gasteiger partial charge in [-0.25, -0.2) is 0 Å². The van der Waals surface area contributed by atoms with E-state index in [2.05, 4.69) is 20.3 Å². The Morgan fingerprint density at radius 3 is 3.06 bits per heavy atom. The van der Waals surface area contributed by atoms with Crippen LogP contribution in [-0.2, 0) is 4.79 Å². The minimum Gasteiger partial charge on any atom is -0.368 e. The molecule has 0 amide bonds. The van der Waals surface area contributed by atoms with E-state index in [-0.39, 0.29) is 23.9 Å². The largest absolute Gasteiger partial charge is 0.368 e. The van der Waals surface area contributed by atoms with Gasteiger partial charge in [-0.05, 0) is 18.4 Å². The number of hydrogen-bond donors (Lipinski definition) is 1. The maximum absolute atomic E-state index is 12.2. The second-order valence-corrected chi connectivity index (χ2v) is 4.47. The monoisotopic (exact) mass is 230 g/mol. The Labute approximate surface area is 99.4 Å². The van der Waals surface area contributed by atoms with Crippen molar-refractivity contribution in [3.8, 4) is 0 Å². The fourth-order valence-corrected chi connectivity index (χ4v) is 2.43. The zero-order valence-electron chi connectivity index (χ0n) is 9.41. The minimum atomic E-state index is -0.290. The van der Waals surface area contributed by atoms with E-state index in [1.807, 2.05) is 6.08 Å². The number of aliphatic imine (C=N–C) groups is 3. The quantitative estimate of drug-likeness (QED) is 0.652. The molecule has 1 saturated carbocycles. The number of hydrogen-bond acceptors (Lipinski definition) is 5. The van der Waals surface area contributed by atoms with Gasteiger partial charge in [-0.1, -0.05) is 6.08 Å². The van der Waals surface area contributed by atoms with Gasteiger partial charge in [-0.15, -0.1) is 0 Å². The normalized spacial score (nSPS) is 37.3. The first-order valence-corrected chi connectivity index (χ1v) is 5.89. The highest BCUT2D eigenvalue weighted by Gasteiger charge is 2.35. The lowest BCUT2D eigenvalue weighted by Gasteiger charge is -2.28. The molecule has 5 heteroatoms. The van der Waals surface area contributed by atoms with Crippen LogP contribution in [0.3, 0.4) is 0 Å². The molecule has 3 unspecified atom stereocenters. The van der Waals surface area contributed by atoms with Crippen LogP contribution in [0, 0.1) is 0 Å². The molecule has 1 aliphatic carbocycles. The molecule has 1 N–H and O–H groups in total. The molecule has 0 aromatic heterocycles. The van der Waals surface area contributed by atoms with E-state index < -0.39 is 0 Å². The van der Waals surface area contributed by atoms with Crippen molar-refractivity contribution in [2.75, 3.05) is 6.54 Å². The Balaban J connectivity index is 1.77. The zero-order valence-corrected chi connectivity index (χ0v) is 9.41. The first kappa shape index (κ1) is 10.4. The molecular weight excluding hydrogens is 216 g/mol. The molecule has 0 aromatic carbocycles. The van der Waals surface area contributed by atoms with Crippen LogP contribution in [0.1, 0.15) is 12.8 Å². The summed E-state index contributed by atoms with van der Waals surface area (Å²) in [6, 6.07) is -0.0682. The lowest BCUT2D eigenvalue weighted by Crippen LogP contribution is -2.39. The lowest BCUT2D eigenvalue weighted by molar-refractivity contribution is -0.118. The minimum absolute atomic E-state index is 0.0532. The van der Waals surface area contributed by atoms with Gasteiger partial charge >= 0.3 is 0 Å². The maximum Gasteiger partial charge on any atom is 0.185 e. The summed E-state index contributed by atoms with van der Waals surface area (Å²) in [5.74, 6) is 0.128. The zero-order chi connectivity index (χ0) is 11.7. The van der Waals surface area contributed by atoms with E-state index >= 15 is 0 Å². The van der Waals surface area contributed by atoms with Crippen molar-refractivity contribution in [1.29, 1.82) is 0 Å². The highest BCUT2D eigenvalue weighted by molar-refractivity contribution is 6.18. The topological polar surface area (TPSA) is 66.2 Å². The summed E-state index contributed by atoms with van der Waals surface area (Å²) in [5.41, 5.74) is 0.878. The smallest absolute Gasteiger partial charge is 0.185 e. The third-order valence-corrected chi connectivity index (χ3v) is 3.33. The molecule has 3 aliphatic rings. The Kier molecular flexibility index (Phi) is 2.59. The fraction of sp³-hybridized carbons (Fsp3) is 0.500. The van der Waals surface area contributed by atoms with Gasteiger partial charge in [-0.3, -0.25) is 19.8 Å². The summed E-state index contributed by atoms with van der Waals surface area (Å²) in [7, 11) is 0. The molecule has 0 radical (unpaired) electrons. The standard InChI is InChI=1S/C12H14N4O/c17-12-8(5-9-6-13-7-16-9)1-2-10-11(12)15-4-3-14-10/h3-5,7,9-11H,1-2,6H2,(H,13,16)/b8-5+. The average Bonchev–Trinajstić information content (AvgIpc) is 2.86. The van der Waals surface area contributed by atoms with Crippen LogP contribution >= 0.6 is 0 Å². The number of rotatable bonds is 1. The van der Waals surface area contributed by atoms with Gasteiger partial charge in [0.15, 0.2) is 5.78 Å². The van der Waals surface area contributed by atoms with Gasteiger partial charge in [0, 0.05) is 12.4 Å². The summed E-state index contributed by atoms with van der Waals surface area (Å²) in [5, 5.41) is 3.11. The number of carbonyl (C=O) groups excluding carboxylic acids is 1. The van der Waals surface area contributed by atoms with Crippen molar-refractivity contribution in [3.63, 3.8) is 0 Å². The van der Waals surface area contributed by atoms with Gasteiger partial charge in [0.1, 0.15) is 6.04 Å². The molecular formula is C12H14N4O. The second kappa shape index (κ2) is 4.24. The third kappa shape index (κ3) is 1.92. The van der Waals surface area contributed by atoms with Crippen molar-refractivity contribution in [3.05, 3.63) is 11.6 Å². The van der Waals surface area contributed by atoms with E-state index in [9.17, 15) is 4.79 Å². The molecule has 0 bridgehead atoms. The van der Waals surface area contributed by atoms with Crippen molar-refractivity contribution >= 4 is 24.6 Å². The predicted octanol–water partition coefficient (Wildman–Crippen LogP) is 0.168. The van der Waals surface area contributed by atoms with Crippen LogP contribution in [0.25, 0.3) is 0 Å². The van der Waals surface area contributed by atoms with Crippen LogP contribution in [0.4, 0.5) is 0 Å². The summed E-state index contributed by atoms with van der Waals surface area (Å²) in [4.78, 5) is 24.9. The number of Topliss-reactive ketones (excluding diaryl/α,β-unsaturated/α-hetero) is 1. The van der Waals surface area contributed by atoms with Gasteiger partial charge in [0.25, 0.3) is 0 Å². The molecule has 17 heavy (non-hydrogen) atoms. The number of nitrogens with zero attached hydrogens (tertiary/aromatic N) is 3. The van der Waals surface area contributed by atoms with E-state index in [4.69, 9.17) is 0 Å². The Hall–Kier alpha value is -1.78. The Morgan fingerprint density at radius 2 is 2.24 bits per heavy atom. The Morgan fingerprint density at radius 1 is 1.35 bits per heavy atom. The summed E-state index contributed by atoms with van der Waals surface area (Å²) >= 11 is 0. The second-order valence-electron chi connectivity index (χ2n) is 4.47. The molecule has 3 rings (SSSR count). The van der Waals surface area contributed by atoms with Gasteiger partial charge in [0.2, 0.25) is 0 Å². The molecule has 0 spiro atoms. The van der Waals surface area contributed by atoms with Crippen LogP contribution in [0.5, 0.6) is 0 Å². The molecule has 0 aromatic rings. The molecule has 0 saturated heterocycles. The first-order valence-electron chi connectivity index (χ1n) is 5.89. The van der Waals surface area contributed by atoms with Crippen LogP contribution in [-0.4, -0.2) is 49.2 Å². The molecule has 5 nitrogen and oxygen atoms in total. The number of nitrogens with one attached hydrogen (secondary N) is 1. The SMILES string of the molecule is O=C1/C(=C/C2CN=CN2)CCC2N=CC=NC12. The highest BCUT2D eigenvalue weighted by Crippen LogP contribution is 2.26. The summed E-state index contributed by atoms with van der Waals surface area (Å²) in [6.07, 6.45) is 8.71. The summed E-state index contributed by atoms with van der Waals surface area (Å²) < 4.78 is 0. The first-order chi connectivity index (χ1) is 8.34. The Bertz CT molecular complexity index is 441. The average molecular weight is 230 g/mol. The van der Waals surface area contributed by atoms with Crippen molar-refractivity contribution in [2.45, 2.75) is 31.0 Å². The molecule has 1 fully saturated rings. The van der Waals surface area contributed by atoms with E-state index in [0.717, 1.165) is 18.4 Å². The van der Waals surface area contributed by atoms with Crippen molar-refractivity contribution in [2.24, 2.45) is 15.0 Å². The van der Waals surface area contributed by atoms with Crippen LogP contribution in [0.15, 0.2) is 26.6 Å². The number of ketones is 1. The van der Waals surface area contributed by atoms with Crippen LogP contribution in [0.2, 0.25) is 0 Å². The van der Waals surface area contributed by atoms with Gasteiger partial charge in [0.05, 0.1) is 25.0 Å². The van der Waals surface area contributed by atoms with E-state index in [1.165, 1.54) is 0 Å². The van der Waals surface area contributed by atoms with Crippen molar-refractivity contribution < 1.29 is 4.79 Å². The molecule has 2 heterocycles. The predicted molar refractivity (Wildman–Crippen MR) is 67.2 cm³/mol. The molecule has 88 valence electrons. The van der Waals surface area contributed by atoms with E-state index in [0.29, 0.717) is 6.54 Å². The lowest BCUT2D eigenvalue weighted by atomic mass is 9.84. The molecule has 3 atom stereocenters. The molecule has 2 aliphatic heterocycles. The van der Waals surface area contributed by atoms with Gasteiger partial charge < -0.3 is 5.32 Å². The van der Waals surface area contributed by atoms with Crippen molar-refractivity contribution in [1.82, 2.24) is 5.32 Å². The fourth-order valence-electron chi connectivity index (χ4n) is 2.43. The third-order valence-electron chi connectivity index (χ3n) is 3.33. The van der Waals surface area contributed by atoms with Gasteiger partial charge in [-0.2, -0.15) is 0 Å². The maximum atomic E-state index is 12.2. The van der Waals surface area contributed by atoms with Crippen LogP contribution < -0.4 is 5.32 Å². The highest BCUT2D eigenvalue weighted by atomic mass is 16.1. The number of carbonyl (C=O) groups is 1.